The van der Waals surface area contributed by atoms with E-state index in [1.54, 1.807) is 12.1 Å². The molecule has 1 rings (SSSR count). The number of alkyl halides is 1. The molecule has 1 aromatic rings. The largest absolute Gasteiger partial charge is 0.508 e. The molecule has 0 amide bonds. The molecular formula is C14H19ClO. The molecule has 0 aromatic heterocycles. The number of hydrogen-bond acceptors (Lipinski definition) is 1. The zero-order valence-corrected chi connectivity index (χ0v) is 11.1. The van der Waals surface area contributed by atoms with Crippen molar-refractivity contribution in [3.63, 3.8) is 0 Å². The summed E-state index contributed by atoms with van der Waals surface area (Å²) in [4.78, 5) is -0.411. The fourth-order valence-electron chi connectivity index (χ4n) is 2.23. The van der Waals surface area contributed by atoms with Gasteiger partial charge >= 0.3 is 0 Å². The summed E-state index contributed by atoms with van der Waals surface area (Å²) in [5.41, 5.74) is 3.05. The first kappa shape index (κ1) is 13.1. The second-order valence-corrected chi connectivity index (χ2v) is 5.92. The van der Waals surface area contributed by atoms with Crippen molar-refractivity contribution in [2.75, 3.05) is 0 Å². The molecule has 0 heterocycles. The molecule has 0 aliphatic rings. The van der Waals surface area contributed by atoms with E-state index in [0.717, 1.165) is 16.7 Å². The maximum Gasteiger partial charge on any atom is 0.116 e. The fraction of sp³-hybridized carbons (Fsp3) is 0.429. The van der Waals surface area contributed by atoms with Gasteiger partial charge in [0.2, 0.25) is 0 Å². The van der Waals surface area contributed by atoms with Gasteiger partial charge in [0.05, 0.1) is 0 Å². The standard InChI is InChI=1S/C14H19ClO/c1-9(2)13(14(4,5)15)11-6-10(3)7-12(16)8-11/h6-8,13,16H,1H2,2-5H3. The van der Waals surface area contributed by atoms with E-state index >= 15 is 0 Å². The highest BCUT2D eigenvalue weighted by atomic mass is 35.5. The molecule has 0 saturated heterocycles. The third kappa shape index (κ3) is 3.02. The first-order chi connectivity index (χ1) is 7.21. The van der Waals surface area contributed by atoms with Crippen molar-refractivity contribution in [3.8, 4) is 5.75 Å². The fourth-order valence-corrected chi connectivity index (χ4v) is 2.54. The summed E-state index contributed by atoms with van der Waals surface area (Å²) < 4.78 is 0. The lowest BCUT2D eigenvalue weighted by atomic mass is 9.82. The molecule has 1 nitrogen and oxygen atoms in total. The van der Waals surface area contributed by atoms with E-state index in [2.05, 4.69) is 6.58 Å². The first-order valence-corrected chi connectivity index (χ1v) is 5.74. The predicted octanol–water partition coefficient (Wildman–Crippen LogP) is 4.38. The molecule has 0 radical (unpaired) electrons. The second kappa shape index (κ2) is 4.50. The van der Waals surface area contributed by atoms with E-state index in [9.17, 15) is 5.11 Å². The summed E-state index contributed by atoms with van der Waals surface area (Å²) in [6, 6.07) is 5.54. The van der Waals surface area contributed by atoms with Crippen LogP contribution in [0.3, 0.4) is 0 Å². The molecule has 16 heavy (non-hydrogen) atoms. The van der Waals surface area contributed by atoms with Crippen molar-refractivity contribution >= 4 is 11.6 Å². The topological polar surface area (TPSA) is 20.2 Å². The Balaban J connectivity index is 3.27. The van der Waals surface area contributed by atoms with Gasteiger partial charge in [0.1, 0.15) is 5.75 Å². The van der Waals surface area contributed by atoms with E-state index < -0.39 is 4.87 Å². The van der Waals surface area contributed by atoms with Crippen molar-refractivity contribution < 1.29 is 5.11 Å². The summed E-state index contributed by atoms with van der Waals surface area (Å²) >= 11 is 6.39. The quantitative estimate of drug-likeness (QED) is 0.612. The van der Waals surface area contributed by atoms with E-state index in [1.807, 2.05) is 33.8 Å². The van der Waals surface area contributed by atoms with Crippen LogP contribution in [0.25, 0.3) is 0 Å². The molecule has 0 saturated carbocycles. The maximum atomic E-state index is 9.62. The van der Waals surface area contributed by atoms with Crippen molar-refractivity contribution in [3.05, 3.63) is 41.5 Å². The Hall–Kier alpha value is -0.950. The van der Waals surface area contributed by atoms with E-state index in [-0.39, 0.29) is 11.7 Å². The molecule has 0 bridgehead atoms. The van der Waals surface area contributed by atoms with Crippen LogP contribution in [0.4, 0.5) is 0 Å². The highest BCUT2D eigenvalue weighted by Crippen LogP contribution is 2.39. The Morgan fingerprint density at radius 1 is 1.38 bits per heavy atom. The number of aromatic hydroxyl groups is 1. The lowest BCUT2D eigenvalue weighted by Gasteiger charge is -2.29. The van der Waals surface area contributed by atoms with Crippen molar-refractivity contribution in [2.24, 2.45) is 0 Å². The number of allylic oxidation sites excluding steroid dienone is 1. The molecule has 0 aliphatic carbocycles. The maximum absolute atomic E-state index is 9.62. The minimum atomic E-state index is -0.411. The van der Waals surface area contributed by atoms with Gasteiger partial charge in [-0.1, -0.05) is 18.2 Å². The van der Waals surface area contributed by atoms with Crippen LogP contribution in [0.1, 0.15) is 37.8 Å². The van der Waals surface area contributed by atoms with Gasteiger partial charge in [0.15, 0.2) is 0 Å². The average molecular weight is 239 g/mol. The van der Waals surface area contributed by atoms with E-state index in [0.29, 0.717) is 0 Å². The smallest absolute Gasteiger partial charge is 0.116 e. The van der Waals surface area contributed by atoms with Gasteiger partial charge in [-0.25, -0.2) is 0 Å². The number of phenols is 1. The highest BCUT2D eigenvalue weighted by molar-refractivity contribution is 6.24. The zero-order valence-electron chi connectivity index (χ0n) is 10.3. The molecule has 1 unspecified atom stereocenters. The van der Waals surface area contributed by atoms with Crippen LogP contribution < -0.4 is 0 Å². The normalized spacial score (nSPS) is 13.6. The number of rotatable bonds is 3. The second-order valence-electron chi connectivity index (χ2n) is 4.95. The van der Waals surface area contributed by atoms with Gasteiger partial charge in [-0.3, -0.25) is 0 Å². The molecule has 0 fully saturated rings. The molecule has 1 N–H and O–H groups in total. The van der Waals surface area contributed by atoms with Gasteiger partial charge in [-0.15, -0.1) is 11.6 Å². The summed E-state index contributed by atoms with van der Waals surface area (Å²) in [5.74, 6) is 0.321. The summed E-state index contributed by atoms with van der Waals surface area (Å²) in [7, 11) is 0. The lowest BCUT2D eigenvalue weighted by molar-refractivity contribution is 0.472. The molecule has 1 aromatic carbocycles. The Labute approximate surface area is 103 Å². The first-order valence-electron chi connectivity index (χ1n) is 5.36. The third-order valence-electron chi connectivity index (χ3n) is 2.60. The molecule has 2 heteroatoms. The number of aryl methyl sites for hydroxylation is 1. The van der Waals surface area contributed by atoms with Gasteiger partial charge in [-0.2, -0.15) is 0 Å². The minimum Gasteiger partial charge on any atom is -0.508 e. The van der Waals surface area contributed by atoms with Crippen LogP contribution in [0.15, 0.2) is 30.4 Å². The average Bonchev–Trinajstić information content (AvgIpc) is 1.96. The molecule has 0 spiro atoms. The Morgan fingerprint density at radius 3 is 2.31 bits per heavy atom. The summed E-state index contributed by atoms with van der Waals surface area (Å²) in [5, 5.41) is 9.62. The SMILES string of the molecule is C=C(C)C(c1cc(C)cc(O)c1)C(C)(C)Cl. The molecule has 0 aliphatic heterocycles. The van der Waals surface area contributed by atoms with Crippen LogP contribution in [0.5, 0.6) is 5.75 Å². The molecule has 1 atom stereocenters. The number of phenolic OH excluding ortho intramolecular Hbond substituents is 1. The van der Waals surface area contributed by atoms with Crippen molar-refractivity contribution in [1.82, 2.24) is 0 Å². The highest BCUT2D eigenvalue weighted by Gasteiger charge is 2.29. The monoisotopic (exact) mass is 238 g/mol. The van der Waals surface area contributed by atoms with Crippen LogP contribution in [0.2, 0.25) is 0 Å². The van der Waals surface area contributed by atoms with Gasteiger partial charge in [-0.05, 0) is 51.0 Å². The van der Waals surface area contributed by atoms with Crippen LogP contribution in [-0.2, 0) is 0 Å². The Bertz CT molecular complexity index is 381. The van der Waals surface area contributed by atoms with Crippen LogP contribution >= 0.6 is 11.6 Å². The van der Waals surface area contributed by atoms with E-state index in [1.165, 1.54) is 0 Å². The summed E-state index contributed by atoms with van der Waals surface area (Å²) in [6.45, 7) is 11.8. The van der Waals surface area contributed by atoms with Crippen molar-refractivity contribution in [2.45, 2.75) is 38.5 Å². The van der Waals surface area contributed by atoms with Crippen LogP contribution in [-0.4, -0.2) is 9.98 Å². The van der Waals surface area contributed by atoms with Gasteiger partial charge in [0, 0.05) is 10.8 Å². The predicted molar refractivity (Wildman–Crippen MR) is 70.3 cm³/mol. The third-order valence-corrected chi connectivity index (χ3v) is 2.82. The van der Waals surface area contributed by atoms with Crippen molar-refractivity contribution in [1.29, 1.82) is 0 Å². The van der Waals surface area contributed by atoms with Gasteiger partial charge in [0.25, 0.3) is 0 Å². The summed E-state index contributed by atoms with van der Waals surface area (Å²) in [6.07, 6.45) is 0. The zero-order chi connectivity index (χ0) is 12.5. The lowest BCUT2D eigenvalue weighted by Crippen LogP contribution is -2.23. The van der Waals surface area contributed by atoms with E-state index in [4.69, 9.17) is 11.6 Å². The van der Waals surface area contributed by atoms with Crippen LogP contribution in [0, 0.1) is 6.92 Å². The molecular weight excluding hydrogens is 220 g/mol. The molecule has 88 valence electrons. The number of hydrogen-bond donors (Lipinski definition) is 1. The Morgan fingerprint density at radius 2 is 1.94 bits per heavy atom. The van der Waals surface area contributed by atoms with Gasteiger partial charge < -0.3 is 5.11 Å². The number of benzene rings is 1. The minimum absolute atomic E-state index is 0.0416. The number of halogens is 1. The Kier molecular flexibility index (Phi) is 3.69.